The van der Waals surface area contributed by atoms with Gasteiger partial charge in [-0.2, -0.15) is 0 Å². The molecular formula is C19H22ClN3O2. The summed E-state index contributed by atoms with van der Waals surface area (Å²) in [7, 11) is 0. The van der Waals surface area contributed by atoms with E-state index in [-0.39, 0.29) is 12.1 Å². The number of hydrogen-bond donors (Lipinski definition) is 1. The Morgan fingerprint density at radius 3 is 2.60 bits per heavy atom. The van der Waals surface area contributed by atoms with Crippen LogP contribution in [0.4, 0.5) is 4.79 Å². The number of carbonyl (C=O) groups excluding carboxylic acids is 1. The molecule has 1 saturated heterocycles. The Kier molecular flexibility index (Phi) is 5.76. The van der Waals surface area contributed by atoms with Crippen molar-refractivity contribution in [3.05, 3.63) is 58.9 Å². The maximum absolute atomic E-state index is 12.3. The zero-order valence-corrected chi connectivity index (χ0v) is 15.0. The summed E-state index contributed by atoms with van der Waals surface area (Å²) in [6, 6.07) is 11.3. The first-order chi connectivity index (χ1) is 12.1. The van der Waals surface area contributed by atoms with Crippen LogP contribution in [0.25, 0.3) is 0 Å². The van der Waals surface area contributed by atoms with E-state index in [1.165, 1.54) is 0 Å². The summed E-state index contributed by atoms with van der Waals surface area (Å²) in [6.45, 7) is 3.83. The smallest absolute Gasteiger partial charge is 0.317 e. The maximum Gasteiger partial charge on any atom is 0.317 e. The van der Waals surface area contributed by atoms with Crippen LogP contribution < -0.4 is 10.1 Å². The van der Waals surface area contributed by atoms with Crippen LogP contribution in [-0.4, -0.2) is 35.1 Å². The highest BCUT2D eigenvalue weighted by Gasteiger charge is 2.23. The van der Waals surface area contributed by atoms with Gasteiger partial charge in [-0.05, 0) is 36.8 Å². The summed E-state index contributed by atoms with van der Waals surface area (Å²) < 4.78 is 5.95. The third-order valence-electron chi connectivity index (χ3n) is 4.27. The fraction of sp³-hybridized carbons (Fsp3) is 0.368. The number of hydrogen-bond acceptors (Lipinski definition) is 3. The lowest BCUT2D eigenvalue weighted by atomic mass is 10.1. The number of aryl methyl sites for hydroxylation is 1. The van der Waals surface area contributed by atoms with Crippen molar-refractivity contribution < 1.29 is 9.53 Å². The van der Waals surface area contributed by atoms with Crippen molar-refractivity contribution >= 4 is 17.6 Å². The molecule has 2 heterocycles. The number of ether oxygens (including phenoxy) is 1. The van der Waals surface area contributed by atoms with Gasteiger partial charge in [-0.3, -0.25) is 4.98 Å². The number of aromatic nitrogens is 1. The van der Waals surface area contributed by atoms with E-state index < -0.39 is 0 Å². The highest BCUT2D eigenvalue weighted by atomic mass is 35.5. The molecule has 0 bridgehead atoms. The van der Waals surface area contributed by atoms with E-state index in [9.17, 15) is 4.79 Å². The summed E-state index contributed by atoms with van der Waals surface area (Å²) in [6.07, 6.45) is 3.52. The van der Waals surface area contributed by atoms with Gasteiger partial charge in [0, 0.05) is 43.2 Å². The first-order valence-electron chi connectivity index (χ1n) is 8.47. The Morgan fingerprint density at radius 1 is 1.24 bits per heavy atom. The van der Waals surface area contributed by atoms with Crippen molar-refractivity contribution in [2.24, 2.45) is 0 Å². The van der Waals surface area contributed by atoms with Gasteiger partial charge in [-0.15, -0.1) is 0 Å². The average molecular weight is 360 g/mol. The third kappa shape index (κ3) is 5.10. The molecule has 1 fully saturated rings. The Morgan fingerprint density at radius 2 is 1.96 bits per heavy atom. The maximum atomic E-state index is 12.3. The van der Waals surface area contributed by atoms with Crippen LogP contribution in [0.1, 0.15) is 24.1 Å². The quantitative estimate of drug-likeness (QED) is 0.903. The number of pyridine rings is 1. The molecule has 0 atom stereocenters. The lowest BCUT2D eigenvalue weighted by Crippen LogP contribution is -2.46. The molecule has 1 aromatic heterocycles. The van der Waals surface area contributed by atoms with Crippen molar-refractivity contribution in [2.75, 3.05) is 13.1 Å². The first kappa shape index (κ1) is 17.5. The van der Waals surface area contributed by atoms with Crippen LogP contribution in [-0.2, 0) is 6.54 Å². The summed E-state index contributed by atoms with van der Waals surface area (Å²) in [5.74, 6) is 0.788. The summed E-state index contributed by atoms with van der Waals surface area (Å²) in [5, 5.41) is 3.65. The number of nitrogens with one attached hydrogen (secondary N) is 1. The molecule has 0 radical (unpaired) electrons. The van der Waals surface area contributed by atoms with Crippen LogP contribution in [0.2, 0.25) is 5.02 Å². The van der Waals surface area contributed by atoms with Crippen LogP contribution >= 0.6 is 11.6 Å². The van der Waals surface area contributed by atoms with E-state index in [1.807, 2.05) is 48.2 Å². The second-order valence-corrected chi connectivity index (χ2v) is 6.66. The summed E-state index contributed by atoms with van der Waals surface area (Å²) in [4.78, 5) is 18.4. The topological polar surface area (TPSA) is 54.5 Å². The van der Waals surface area contributed by atoms with Gasteiger partial charge in [0.1, 0.15) is 11.9 Å². The van der Waals surface area contributed by atoms with E-state index in [0.717, 1.165) is 29.8 Å². The minimum Gasteiger partial charge on any atom is -0.489 e. The fourth-order valence-corrected chi connectivity index (χ4v) is 2.91. The lowest BCUT2D eigenvalue weighted by Gasteiger charge is -2.32. The Labute approximate surface area is 153 Å². The predicted molar refractivity (Wildman–Crippen MR) is 97.9 cm³/mol. The molecule has 2 aromatic rings. The fourth-order valence-electron chi connectivity index (χ4n) is 2.78. The monoisotopic (exact) mass is 359 g/mol. The van der Waals surface area contributed by atoms with Gasteiger partial charge in [0.15, 0.2) is 0 Å². The number of piperidine rings is 1. The van der Waals surface area contributed by atoms with E-state index >= 15 is 0 Å². The minimum absolute atomic E-state index is 0.0367. The van der Waals surface area contributed by atoms with Gasteiger partial charge < -0.3 is 15.0 Å². The van der Waals surface area contributed by atoms with E-state index in [4.69, 9.17) is 16.3 Å². The van der Waals surface area contributed by atoms with Crippen LogP contribution in [0.3, 0.4) is 0 Å². The van der Waals surface area contributed by atoms with E-state index in [0.29, 0.717) is 24.7 Å². The number of nitrogens with zero attached hydrogens (tertiary/aromatic N) is 2. The molecular weight excluding hydrogens is 338 g/mol. The molecule has 3 rings (SSSR count). The van der Waals surface area contributed by atoms with Crippen molar-refractivity contribution in [3.63, 3.8) is 0 Å². The molecule has 0 aliphatic carbocycles. The standard InChI is InChI=1S/C19H22ClN3O2/c1-14-2-7-18(13-21-14)25-17-8-10-23(11-9-17)19(24)22-12-15-3-5-16(20)6-4-15/h2-7,13,17H,8-12H2,1H3,(H,22,24). The van der Waals surface area contributed by atoms with Gasteiger partial charge in [-0.25, -0.2) is 4.79 Å². The summed E-state index contributed by atoms with van der Waals surface area (Å²) in [5.41, 5.74) is 2.00. The van der Waals surface area contributed by atoms with E-state index in [2.05, 4.69) is 10.3 Å². The number of rotatable bonds is 4. The molecule has 25 heavy (non-hydrogen) atoms. The zero-order chi connectivity index (χ0) is 17.6. The molecule has 0 unspecified atom stereocenters. The average Bonchev–Trinajstić information content (AvgIpc) is 2.63. The predicted octanol–water partition coefficient (Wildman–Crippen LogP) is 3.80. The molecule has 1 aromatic carbocycles. The van der Waals surface area contributed by atoms with Gasteiger partial charge >= 0.3 is 6.03 Å². The van der Waals surface area contributed by atoms with Crippen LogP contribution in [0.15, 0.2) is 42.6 Å². The largest absolute Gasteiger partial charge is 0.489 e. The second kappa shape index (κ2) is 8.21. The van der Waals surface area contributed by atoms with Crippen LogP contribution in [0, 0.1) is 6.92 Å². The van der Waals surface area contributed by atoms with Gasteiger partial charge in [0.2, 0.25) is 0 Å². The molecule has 1 N–H and O–H groups in total. The first-order valence-corrected chi connectivity index (χ1v) is 8.84. The molecule has 1 aliphatic rings. The molecule has 0 saturated carbocycles. The van der Waals surface area contributed by atoms with Crippen molar-refractivity contribution in [1.82, 2.24) is 15.2 Å². The number of amides is 2. The normalized spacial score (nSPS) is 15.0. The Hall–Kier alpha value is -2.27. The third-order valence-corrected chi connectivity index (χ3v) is 4.53. The molecule has 132 valence electrons. The summed E-state index contributed by atoms with van der Waals surface area (Å²) >= 11 is 5.86. The number of carbonyl (C=O) groups is 1. The lowest BCUT2D eigenvalue weighted by molar-refractivity contribution is 0.110. The SMILES string of the molecule is Cc1ccc(OC2CCN(C(=O)NCc3ccc(Cl)cc3)CC2)cn1. The molecule has 2 amide bonds. The van der Waals surface area contributed by atoms with Gasteiger partial charge in [0.25, 0.3) is 0 Å². The Bertz CT molecular complexity index is 696. The van der Waals surface area contributed by atoms with Crippen molar-refractivity contribution in [3.8, 4) is 5.75 Å². The highest BCUT2D eigenvalue weighted by Crippen LogP contribution is 2.18. The van der Waals surface area contributed by atoms with Crippen molar-refractivity contribution in [2.45, 2.75) is 32.4 Å². The molecule has 0 spiro atoms. The van der Waals surface area contributed by atoms with E-state index in [1.54, 1.807) is 6.20 Å². The van der Waals surface area contributed by atoms with Gasteiger partial charge in [-0.1, -0.05) is 23.7 Å². The molecule has 5 nitrogen and oxygen atoms in total. The number of halogens is 1. The number of urea groups is 1. The van der Waals surface area contributed by atoms with Gasteiger partial charge in [0.05, 0.1) is 6.20 Å². The number of likely N-dealkylation sites (tertiary alicyclic amines) is 1. The van der Waals surface area contributed by atoms with Crippen molar-refractivity contribution in [1.29, 1.82) is 0 Å². The zero-order valence-electron chi connectivity index (χ0n) is 14.2. The molecule has 6 heteroatoms. The highest BCUT2D eigenvalue weighted by molar-refractivity contribution is 6.30. The molecule has 1 aliphatic heterocycles. The second-order valence-electron chi connectivity index (χ2n) is 6.22. The van der Waals surface area contributed by atoms with Crippen LogP contribution in [0.5, 0.6) is 5.75 Å². The minimum atomic E-state index is -0.0367. The Balaban J connectivity index is 1.42. The number of benzene rings is 1.